The second-order valence-electron chi connectivity index (χ2n) is 26.1. The molecule has 0 bridgehead atoms. The summed E-state index contributed by atoms with van der Waals surface area (Å²) >= 11 is 8.71. The highest BCUT2D eigenvalue weighted by molar-refractivity contribution is 7.98. The number of halogens is 7. The van der Waals surface area contributed by atoms with E-state index in [4.69, 9.17) is 52.5 Å². The predicted octanol–water partition coefficient (Wildman–Crippen LogP) is 10.1. The Morgan fingerprint density at radius 2 is 1.00 bits per heavy atom. The van der Waals surface area contributed by atoms with Gasteiger partial charge in [-0.3, -0.25) is 14.4 Å². The Balaban J connectivity index is 0.000000155. The van der Waals surface area contributed by atoms with E-state index in [0.717, 1.165) is 65.2 Å². The Morgan fingerprint density at radius 3 is 1.49 bits per heavy atom. The smallest absolute Gasteiger partial charge is 0.415 e. The molecule has 5 atom stereocenters. The van der Waals surface area contributed by atoms with E-state index in [9.17, 15) is 50.3 Å². The third-order valence-electron chi connectivity index (χ3n) is 19.0. The van der Waals surface area contributed by atoms with Crippen LogP contribution in [0, 0.1) is 0 Å². The van der Waals surface area contributed by atoms with Crippen molar-refractivity contribution in [3.8, 4) is 17.5 Å². The lowest BCUT2D eigenvalue weighted by Crippen LogP contribution is -2.65. The number of carbonyl (C=O) groups is 5. The lowest BCUT2D eigenvalue weighted by molar-refractivity contribution is -0.272. The van der Waals surface area contributed by atoms with Crippen LogP contribution in [0.2, 0.25) is 5.02 Å². The number of hydrogen-bond donors (Lipinski definition) is 4. The highest BCUT2D eigenvalue weighted by Gasteiger charge is 2.60. The van der Waals surface area contributed by atoms with Crippen LogP contribution in [0.1, 0.15) is 113 Å². The van der Waals surface area contributed by atoms with Gasteiger partial charge in [-0.15, -0.1) is 20.0 Å². The van der Waals surface area contributed by atoms with Crippen molar-refractivity contribution in [2.24, 2.45) is 17.2 Å². The van der Waals surface area contributed by atoms with Crippen molar-refractivity contribution in [3.05, 3.63) is 218 Å². The number of carbonyl (C=O) groups excluding carboxylic acids is 5. The standard InChI is InChI=1S/C27H29F3N6O3S.C26H30ClN7O4.C22H21F3N4O3S/c1-39-21-7-3-2-6-19(21)24(37)36-25(40-16-18-10-8-17(14-31)9-11-18)32-23(33-36)20-15-35(22(20)27(28,29)30)26(38)34-12-4-5-13-34;27-21-4-2-1-3-20(21)24(35)34-25(38-17-19-7-5-18(15-28)6-8-19)30-23(31-34)22-16-29-9-10-33(22)26(36)32-11-13-37-14-12-32;1-31-17-5-3-2-4-15(17)20(30)29-21(33-12-14-8-6-13(10-26)7-9-14)27-19(28-29)16-11-32-18(16)22(23,24)25/h2-3,6-11,20,22H,4-5,12-16,31H2,1H3;1-8,22,29H,9-17,28H2;2-9,16,18H,10-12,26H2,1H3. The average Bonchev–Trinajstić information content (AvgIpc) is 1.71. The number of ether oxygens (including phenoxy) is 5. The van der Waals surface area contributed by atoms with Crippen LogP contribution in [0.4, 0.5) is 35.9 Å². The van der Waals surface area contributed by atoms with Crippen LogP contribution in [0.3, 0.4) is 0 Å². The third-order valence-corrected chi connectivity index (χ3v) is 21.3. The summed E-state index contributed by atoms with van der Waals surface area (Å²) in [6.07, 6.45) is -9.68. The van der Waals surface area contributed by atoms with E-state index in [2.05, 4.69) is 35.6 Å². The summed E-state index contributed by atoms with van der Waals surface area (Å²) < 4.78 is 112. The lowest BCUT2D eigenvalue weighted by atomic mass is 9.87. The van der Waals surface area contributed by atoms with Crippen LogP contribution in [0.25, 0.3) is 0 Å². The maximum absolute atomic E-state index is 14.2. The molecule has 586 valence electrons. The number of rotatable bonds is 20. The van der Waals surface area contributed by atoms with E-state index in [-0.39, 0.29) is 70.5 Å². The first-order valence-electron chi connectivity index (χ1n) is 35.5. The maximum Gasteiger partial charge on any atom is 0.415 e. The summed E-state index contributed by atoms with van der Waals surface area (Å²) in [5.74, 6) is -2.29. The Labute approximate surface area is 647 Å². The number of para-hydroxylation sites is 2. The number of piperazine rings is 1. The fraction of sp³-hybridized carbons (Fsp3) is 0.373. The summed E-state index contributed by atoms with van der Waals surface area (Å²) in [5.41, 5.74) is 23.4. The van der Waals surface area contributed by atoms with Gasteiger partial charge in [-0.1, -0.05) is 144 Å². The second kappa shape index (κ2) is 36.5. The molecule has 36 heteroatoms. The van der Waals surface area contributed by atoms with Crippen LogP contribution in [0.5, 0.6) is 17.5 Å². The molecule has 5 unspecified atom stereocenters. The van der Waals surface area contributed by atoms with Crippen LogP contribution in [0.15, 0.2) is 156 Å². The number of nitrogens with zero attached hydrogens (tertiary/aromatic N) is 13. The first-order chi connectivity index (χ1) is 53.6. The number of alkyl halides is 6. The Kier molecular flexibility index (Phi) is 26.4. The van der Waals surface area contributed by atoms with Gasteiger partial charge in [0, 0.05) is 83.5 Å². The number of methoxy groups -OCH3 is 2. The molecular weight excluding hydrogens is 1510 g/mol. The molecule has 3 aromatic heterocycles. The molecule has 0 radical (unpaired) electrons. The second-order valence-corrected chi connectivity index (χ2v) is 28.4. The van der Waals surface area contributed by atoms with E-state index in [1.807, 2.05) is 72.8 Å². The summed E-state index contributed by atoms with van der Waals surface area (Å²) in [6, 6.07) is 39.4. The van der Waals surface area contributed by atoms with Gasteiger partial charge >= 0.3 is 30.4 Å². The van der Waals surface area contributed by atoms with Gasteiger partial charge in [0.2, 0.25) is 0 Å². The van der Waals surface area contributed by atoms with E-state index >= 15 is 0 Å². The zero-order valence-corrected chi connectivity index (χ0v) is 62.7. The minimum atomic E-state index is -4.69. The molecule has 7 N–H and O–H groups in total. The molecule has 5 fully saturated rings. The minimum Gasteiger partial charge on any atom is -0.496 e. The molecule has 0 saturated carbocycles. The molecule has 8 heterocycles. The van der Waals surface area contributed by atoms with Crippen molar-refractivity contribution in [1.82, 2.24) is 69.2 Å². The Morgan fingerprint density at radius 1 is 0.541 bits per heavy atom. The highest BCUT2D eigenvalue weighted by Crippen LogP contribution is 2.45. The number of benzene rings is 6. The summed E-state index contributed by atoms with van der Waals surface area (Å²) in [5, 5.41) is 16.9. The first kappa shape index (κ1) is 80.5. The number of hydrogen-bond acceptors (Lipinski definition) is 22. The number of nitrogens with two attached hydrogens (primary N) is 3. The quantitative estimate of drug-likeness (QED) is 0.0407. The van der Waals surface area contributed by atoms with Crippen LogP contribution in [-0.2, 0) is 47.2 Å². The van der Waals surface area contributed by atoms with Gasteiger partial charge in [0.15, 0.2) is 33.9 Å². The molecule has 4 amide bonds. The largest absolute Gasteiger partial charge is 0.496 e. The van der Waals surface area contributed by atoms with Gasteiger partial charge in [-0.2, -0.15) is 40.7 Å². The van der Waals surface area contributed by atoms with Crippen LogP contribution < -0.4 is 36.7 Å². The molecule has 14 rings (SSSR count). The Bertz CT molecular complexity index is 4720. The topological polar surface area (TPSA) is 327 Å². The van der Waals surface area contributed by atoms with Gasteiger partial charge in [0.1, 0.15) is 30.2 Å². The number of urea groups is 2. The molecular formula is C75H80ClF6N17O10S2. The van der Waals surface area contributed by atoms with Crippen LogP contribution >= 0.6 is 35.1 Å². The van der Waals surface area contributed by atoms with Crippen molar-refractivity contribution >= 4 is 64.9 Å². The number of aromatic nitrogens is 9. The predicted molar refractivity (Wildman–Crippen MR) is 397 cm³/mol. The molecule has 0 aliphatic carbocycles. The van der Waals surface area contributed by atoms with Crippen molar-refractivity contribution in [2.45, 2.75) is 103 Å². The van der Waals surface area contributed by atoms with Gasteiger partial charge in [0.25, 0.3) is 17.7 Å². The zero-order chi connectivity index (χ0) is 78.5. The van der Waals surface area contributed by atoms with Crippen molar-refractivity contribution < 1.29 is 74.0 Å². The first-order valence-corrected chi connectivity index (χ1v) is 37.8. The number of nitrogens with one attached hydrogen (secondary N) is 1. The summed E-state index contributed by atoms with van der Waals surface area (Å²) in [4.78, 5) is 85.7. The molecule has 27 nitrogen and oxygen atoms in total. The number of amides is 4. The van der Waals surface area contributed by atoms with E-state index in [1.165, 1.54) is 42.6 Å². The normalized spacial score (nSPS) is 18.4. The maximum atomic E-state index is 14.2. The van der Waals surface area contributed by atoms with E-state index < -0.39 is 66.1 Å². The summed E-state index contributed by atoms with van der Waals surface area (Å²) in [6.45, 7) is 5.61. The lowest BCUT2D eigenvalue weighted by Gasteiger charge is -2.48. The van der Waals surface area contributed by atoms with Crippen LogP contribution in [-0.4, -0.2) is 205 Å². The van der Waals surface area contributed by atoms with Gasteiger partial charge in [-0.25, -0.2) is 19.6 Å². The van der Waals surface area contributed by atoms with E-state index in [0.29, 0.717) is 113 Å². The number of likely N-dealkylation sites (tertiary alicyclic amines) is 2. The van der Waals surface area contributed by atoms with Crippen molar-refractivity contribution in [3.63, 3.8) is 0 Å². The monoisotopic (exact) mass is 1590 g/mol. The zero-order valence-electron chi connectivity index (χ0n) is 60.3. The highest BCUT2D eigenvalue weighted by atomic mass is 35.5. The third kappa shape index (κ3) is 19.0. The fourth-order valence-electron chi connectivity index (χ4n) is 12.8. The molecule has 9 aromatic rings. The molecule has 0 spiro atoms. The van der Waals surface area contributed by atoms with Gasteiger partial charge in [-0.05, 0) is 82.6 Å². The average molecular weight is 1590 g/mol. The van der Waals surface area contributed by atoms with Crippen molar-refractivity contribution in [2.75, 3.05) is 86.4 Å². The van der Waals surface area contributed by atoms with Gasteiger partial charge in [0.05, 0.1) is 67.6 Å². The SMILES string of the molecule is COc1ccccc1C(=O)n1nc(C2CN(C(=O)N3CCCC3)C2C(F)(F)F)nc1SCc1ccc(CN)cc1.COc1ccccc1C(=O)n1nc(C2COC2C(F)(F)F)nc1SCc1ccc(CN)cc1.NCc1ccc(COc2nc(C3CNCCN3C(=O)N3CCOCC3)nn2C(=O)c2ccccc2Cl)cc1. The van der Waals surface area contributed by atoms with Gasteiger partial charge < -0.3 is 65.8 Å². The molecule has 111 heavy (non-hydrogen) atoms. The summed E-state index contributed by atoms with van der Waals surface area (Å²) in [7, 11) is 2.85. The Hall–Kier alpha value is -9.98. The fourth-order valence-corrected chi connectivity index (χ4v) is 14.8. The molecule has 5 aliphatic rings. The molecule has 5 aliphatic heterocycles. The minimum absolute atomic E-state index is 0.0252. The number of morpholine rings is 1. The molecule has 6 aromatic carbocycles. The van der Waals surface area contributed by atoms with E-state index in [1.54, 1.807) is 82.6 Å². The number of thioether (sulfide) groups is 2. The molecule has 5 saturated heterocycles. The van der Waals surface area contributed by atoms with Crippen molar-refractivity contribution in [1.29, 1.82) is 0 Å².